The number of anilines is 3. The maximum Gasteiger partial charge on any atom is 0.325 e. The third-order valence-corrected chi connectivity index (χ3v) is 7.14. The molecular weight excluding hydrogens is 510 g/mol. The lowest BCUT2D eigenvalue weighted by Gasteiger charge is -2.13. The molecule has 4 heterocycles. The van der Waals surface area contributed by atoms with Crippen molar-refractivity contribution in [2.24, 2.45) is 0 Å². The quantitative estimate of drug-likeness (QED) is 0.248. The van der Waals surface area contributed by atoms with Crippen LogP contribution < -0.4 is 16.0 Å². The van der Waals surface area contributed by atoms with E-state index in [9.17, 15) is 4.79 Å². The zero-order valence-corrected chi connectivity index (χ0v) is 21.4. The summed E-state index contributed by atoms with van der Waals surface area (Å²) in [5.41, 5.74) is 2.23. The molecule has 3 aromatic heterocycles. The number of likely N-dealkylation sites (tertiary alicyclic amines) is 1. The molecule has 3 N–H and O–H groups in total. The number of amides is 2. The summed E-state index contributed by atoms with van der Waals surface area (Å²) in [7, 11) is 0. The van der Waals surface area contributed by atoms with E-state index in [0.29, 0.717) is 22.4 Å². The van der Waals surface area contributed by atoms with E-state index in [0.717, 1.165) is 47.7 Å². The monoisotopic (exact) mass is 541 g/mol. The molecule has 0 aliphatic carbocycles. The van der Waals surface area contributed by atoms with Crippen LogP contribution in [0, 0.1) is 0 Å². The van der Waals surface area contributed by atoms with E-state index in [4.69, 9.17) is 16.7 Å². The molecule has 10 nitrogen and oxygen atoms in total. The molecule has 5 rings (SSSR count). The van der Waals surface area contributed by atoms with Crippen molar-refractivity contribution >= 4 is 56.6 Å². The lowest BCUT2D eigenvalue weighted by Crippen LogP contribution is -2.21. The SMILES string of the molecule is C.O=C(Nc1cccc(Cl)c1)Nc1ncc(CCNc2ncnc3cn(CCCN4CCCC4)nc23)s1. The molecule has 1 aromatic carbocycles. The Morgan fingerprint density at radius 3 is 2.81 bits per heavy atom. The van der Waals surface area contributed by atoms with Crippen LogP contribution in [0.5, 0.6) is 0 Å². The number of hydrogen-bond donors (Lipinski definition) is 3. The number of halogens is 1. The largest absolute Gasteiger partial charge is 0.368 e. The second-order valence-electron chi connectivity index (χ2n) is 8.65. The molecule has 1 saturated heterocycles. The molecule has 37 heavy (non-hydrogen) atoms. The van der Waals surface area contributed by atoms with Crippen molar-refractivity contribution in [2.45, 2.75) is 39.7 Å². The van der Waals surface area contributed by atoms with Crippen LogP contribution in [0.1, 0.15) is 31.6 Å². The first-order chi connectivity index (χ1) is 17.6. The number of aromatic nitrogens is 5. The van der Waals surface area contributed by atoms with Gasteiger partial charge in [-0.15, -0.1) is 11.3 Å². The van der Waals surface area contributed by atoms with E-state index in [1.807, 2.05) is 10.9 Å². The Labute approximate surface area is 225 Å². The molecule has 196 valence electrons. The lowest BCUT2D eigenvalue weighted by molar-refractivity contribution is 0.262. The summed E-state index contributed by atoms with van der Waals surface area (Å²) in [6.45, 7) is 5.07. The maximum absolute atomic E-state index is 12.2. The van der Waals surface area contributed by atoms with Crippen molar-refractivity contribution in [3.8, 4) is 0 Å². The minimum Gasteiger partial charge on any atom is -0.368 e. The number of aryl methyl sites for hydroxylation is 1. The van der Waals surface area contributed by atoms with Crippen molar-refractivity contribution in [3.63, 3.8) is 0 Å². The van der Waals surface area contributed by atoms with Crippen LogP contribution in [0.4, 0.5) is 21.4 Å². The number of rotatable bonds is 10. The lowest BCUT2D eigenvalue weighted by atomic mass is 10.3. The Morgan fingerprint density at radius 2 is 1.97 bits per heavy atom. The number of carbonyl (C=O) groups excluding carboxylic acids is 1. The Balaban J connectivity index is 0.00000320. The van der Waals surface area contributed by atoms with Crippen LogP contribution >= 0.6 is 22.9 Å². The van der Waals surface area contributed by atoms with Crippen molar-refractivity contribution in [2.75, 3.05) is 42.1 Å². The molecule has 0 bridgehead atoms. The van der Waals surface area contributed by atoms with Crippen LogP contribution in [0.3, 0.4) is 0 Å². The molecule has 0 spiro atoms. The highest BCUT2D eigenvalue weighted by atomic mass is 35.5. The van der Waals surface area contributed by atoms with Crippen molar-refractivity contribution < 1.29 is 4.79 Å². The molecule has 4 aromatic rings. The summed E-state index contributed by atoms with van der Waals surface area (Å²) in [6.07, 6.45) is 9.76. The molecule has 1 aliphatic heterocycles. The number of nitrogens with zero attached hydrogens (tertiary/aromatic N) is 6. The van der Waals surface area contributed by atoms with Crippen LogP contribution in [-0.2, 0) is 13.0 Å². The molecule has 1 aliphatic rings. The number of benzene rings is 1. The van der Waals surface area contributed by atoms with Crippen LogP contribution in [0.2, 0.25) is 5.02 Å². The van der Waals surface area contributed by atoms with Gasteiger partial charge < -0.3 is 15.5 Å². The normalized spacial score (nSPS) is 13.4. The topological polar surface area (TPSA) is 113 Å². The standard InChI is InChI=1S/C24H28ClN9OS.CH4/c25-17-5-3-6-18(13-17)30-23(35)31-24-27-14-19(36-24)7-8-26-22-21-20(28-16-29-22)15-34(32-21)12-4-11-33-9-1-2-10-33;/h3,5-6,13-16H,1-2,4,7-12H2,(H,26,28,29)(H2,27,30,31,35);1H4. The fourth-order valence-electron chi connectivity index (χ4n) is 4.20. The van der Waals surface area contributed by atoms with Gasteiger partial charge >= 0.3 is 6.03 Å². The van der Waals surface area contributed by atoms with Crippen LogP contribution in [-0.4, -0.2) is 61.8 Å². The Hall–Kier alpha value is -3.28. The van der Waals surface area contributed by atoms with Gasteiger partial charge in [0.25, 0.3) is 0 Å². The fraction of sp³-hybridized carbons (Fsp3) is 0.400. The number of thiazole rings is 1. The van der Waals surface area contributed by atoms with Gasteiger partial charge in [0.1, 0.15) is 11.8 Å². The number of carbonyl (C=O) groups is 1. The summed E-state index contributed by atoms with van der Waals surface area (Å²) in [6, 6.07) is 6.61. The minimum absolute atomic E-state index is 0. The fourth-order valence-corrected chi connectivity index (χ4v) is 5.20. The second kappa shape index (κ2) is 12.8. The molecule has 12 heteroatoms. The highest BCUT2D eigenvalue weighted by molar-refractivity contribution is 7.15. The first kappa shape index (κ1) is 26.8. The zero-order valence-electron chi connectivity index (χ0n) is 19.8. The number of nitrogens with one attached hydrogen (secondary N) is 3. The van der Waals surface area contributed by atoms with Gasteiger partial charge in [0.05, 0.1) is 6.20 Å². The molecule has 1 fully saturated rings. The van der Waals surface area contributed by atoms with Crippen molar-refractivity contribution in [3.05, 3.63) is 52.9 Å². The molecule has 2 amide bonds. The summed E-state index contributed by atoms with van der Waals surface area (Å²) >= 11 is 7.39. The van der Waals surface area contributed by atoms with Gasteiger partial charge in [-0.1, -0.05) is 25.1 Å². The van der Waals surface area contributed by atoms with Gasteiger partial charge in [0.15, 0.2) is 16.5 Å². The van der Waals surface area contributed by atoms with E-state index in [1.165, 1.54) is 37.3 Å². The molecular formula is C25H32ClN9OS. The average Bonchev–Trinajstić information content (AvgIpc) is 3.61. The maximum atomic E-state index is 12.2. The third-order valence-electron chi connectivity index (χ3n) is 5.93. The van der Waals surface area contributed by atoms with E-state index in [1.54, 1.807) is 36.8 Å². The van der Waals surface area contributed by atoms with Gasteiger partial charge in [0, 0.05) is 41.3 Å². The first-order valence-electron chi connectivity index (χ1n) is 12.0. The minimum atomic E-state index is -0.365. The number of hydrogen-bond acceptors (Lipinski definition) is 8. The predicted molar refractivity (Wildman–Crippen MR) is 151 cm³/mol. The van der Waals surface area contributed by atoms with E-state index >= 15 is 0 Å². The summed E-state index contributed by atoms with van der Waals surface area (Å²) in [5.74, 6) is 0.724. The van der Waals surface area contributed by atoms with Gasteiger partial charge in [0.2, 0.25) is 0 Å². The number of fused-ring (bicyclic) bond motifs is 1. The van der Waals surface area contributed by atoms with E-state index in [-0.39, 0.29) is 13.5 Å². The van der Waals surface area contributed by atoms with Crippen LogP contribution in [0.25, 0.3) is 11.0 Å². The highest BCUT2D eigenvalue weighted by Gasteiger charge is 2.13. The summed E-state index contributed by atoms with van der Waals surface area (Å²) in [5, 5.41) is 14.7. The Kier molecular flexibility index (Phi) is 9.26. The predicted octanol–water partition coefficient (Wildman–Crippen LogP) is 5.36. The van der Waals surface area contributed by atoms with Gasteiger partial charge in [-0.05, 0) is 57.1 Å². The van der Waals surface area contributed by atoms with Gasteiger partial charge in [-0.3, -0.25) is 10.00 Å². The van der Waals surface area contributed by atoms with E-state index < -0.39 is 0 Å². The molecule has 0 atom stereocenters. The van der Waals surface area contributed by atoms with Crippen molar-refractivity contribution in [1.82, 2.24) is 29.6 Å². The smallest absolute Gasteiger partial charge is 0.325 e. The Morgan fingerprint density at radius 1 is 1.11 bits per heavy atom. The third kappa shape index (κ3) is 7.37. The number of urea groups is 1. The van der Waals surface area contributed by atoms with Gasteiger partial charge in [-0.25, -0.2) is 19.7 Å². The molecule has 0 unspecified atom stereocenters. The highest BCUT2D eigenvalue weighted by Crippen LogP contribution is 2.21. The molecule has 0 saturated carbocycles. The van der Waals surface area contributed by atoms with Crippen molar-refractivity contribution in [1.29, 1.82) is 0 Å². The Bertz CT molecular complexity index is 1320. The zero-order chi connectivity index (χ0) is 24.7. The van der Waals surface area contributed by atoms with Gasteiger partial charge in [-0.2, -0.15) is 5.10 Å². The second-order valence-corrected chi connectivity index (χ2v) is 10.2. The average molecular weight is 542 g/mol. The summed E-state index contributed by atoms with van der Waals surface area (Å²) in [4.78, 5) is 28.8. The summed E-state index contributed by atoms with van der Waals surface area (Å²) < 4.78 is 1.97. The first-order valence-corrected chi connectivity index (χ1v) is 13.2. The van der Waals surface area contributed by atoms with Crippen LogP contribution in [0.15, 0.2) is 43.0 Å². The van der Waals surface area contributed by atoms with E-state index in [2.05, 4.69) is 35.8 Å². The molecule has 0 radical (unpaired) electrons.